The lowest BCUT2D eigenvalue weighted by molar-refractivity contribution is -0.134. The Labute approximate surface area is 147 Å². The molecule has 5 nitrogen and oxygen atoms in total. The van der Waals surface area contributed by atoms with Gasteiger partial charge in [-0.3, -0.25) is 4.79 Å². The van der Waals surface area contributed by atoms with Crippen LogP contribution in [0, 0.1) is 5.82 Å². The van der Waals surface area contributed by atoms with Gasteiger partial charge in [-0.2, -0.15) is 0 Å². The van der Waals surface area contributed by atoms with Crippen LogP contribution in [0.5, 0.6) is 0 Å². The molecule has 1 unspecified atom stereocenters. The zero-order valence-corrected chi connectivity index (χ0v) is 14.4. The Morgan fingerprint density at radius 3 is 2.79 bits per heavy atom. The number of hydrogen-bond donors (Lipinski definition) is 1. The largest absolute Gasteiger partial charge is 0.336 e. The average Bonchev–Trinajstić information content (AvgIpc) is 3.00. The molecule has 0 saturated carbocycles. The van der Waals surface area contributed by atoms with Crippen LogP contribution in [-0.4, -0.2) is 40.0 Å². The molecule has 2 aromatic rings. The van der Waals surface area contributed by atoms with E-state index in [4.69, 9.17) is 0 Å². The van der Waals surface area contributed by atoms with E-state index >= 15 is 0 Å². The van der Waals surface area contributed by atoms with Gasteiger partial charge in [0.15, 0.2) is 0 Å². The molecule has 1 aliphatic rings. The van der Waals surface area contributed by atoms with Crippen molar-refractivity contribution in [3.8, 4) is 0 Å². The number of halogens is 2. The summed E-state index contributed by atoms with van der Waals surface area (Å²) in [4.78, 5) is 18.9. The number of nitrogens with one attached hydrogen (secondary N) is 1. The van der Waals surface area contributed by atoms with Crippen molar-refractivity contribution in [3.63, 3.8) is 0 Å². The highest BCUT2D eigenvalue weighted by Gasteiger charge is 2.29. The second-order valence-corrected chi connectivity index (χ2v) is 5.83. The molecule has 2 heterocycles. The molecule has 1 amide bonds. The number of benzene rings is 1. The number of carbonyl (C=O) groups excluding carboxylic acids is 1. The Hall–Kier alpha value is -1.92. The number of hydrogen-bond acceptors (Lipinski definition) is 3. The number of aryl methyl sites for hydroxylation is 2. The summed E-state index contributed by atoms with van der Waals surface area (Å²) in [5, 5.41) is 3.33. The Bertz CT molecular complexity index is 673. The van der Waals surface area contributed by atoms with E-state index < -0.39 is 0 Å². The summed E-state index contributed by atoms with van der Waals surface area (Å²) in [6, 6.07) is 6.29. The van der Waals surface area contributed by atoms with Crippen molar-refractivity contribution in [2.75, 3.05) is 19.6 Å². The van der Waals surface area contributed by atoms with Gasteiger partial charge in [0.1, 0.15) is 17.7 Å². The molecule has 130 valence electrons. The first-order valence-electron chi connectivity index (χ1n) is 7.87. The molecule has 0 aliphatic carbocycles. The van der Waals surface area contributed by atoms with Crippen LogP contribution >= 0.6 is 12.4 Å². The van der Waals surface area contributed by atoms with Crippen LogP contribution in [0.15, 0.2) is 36.7 Å². The molecule has 0 spiro atoms. The third kappa shape index (κ3) is 4.13. The van der Waals surface area contributed by atoms with E-state index in [0.717, 1.165) is 17.9 Å². The van der Waals surface area contributed by atoms with Gasteiger partial charge in [0, 0.05) is 45.5 Å². The standard InChI is InChI=1S/C17H21FN4O.ClH/c1-21-10-9-20-17(21)15-12-19-8-11-22(15)16(23)7-4-13-2-5-14(18)6-3-13;/h2-3,5-6,9-10,15,19H,4,7-8,11-12H2,1H3;1H. The second-order valence-electron chi connectivity index (χ2n) is 5.83. The number of nitrogens with zero attached hydrogens (tertiary/aromatic N) is 3. The first-order chi connectivity index (χ1) is 11.1. The molecule has 7 heteroatoms. The van der Waals surface area contributed by atoms with E-state index in [2.05, 4.69) is 10.3 Å². The minimum absolute atomic E-state index is 0. The maximum absolute atomic E-state index is 12.9. The molecule has 1 N–H and O–H groups in total. The number of imidazole rings is 1. The fourth-order valence-electron chi connectivity index (χ4n) is 2.98. The van der Waals surface area contributed by atoms with Crippen LogP contribution in [0.4, 0.5) is 4.39 Å². The van der Waals surface area contributed by atoms with Crippen LogP contribution < -0.4 is 5.32 Å². The van der Waals surface area contributed by atoms with Gasteiger partial charge in [-0.05, 0) is 24.1 Å². The number of aromatic nitrogens is 2. The van der Waals surface area contributed by atoms with Gasteiger partial charge in [-0.15, -0.1) is 12.4 Å². The highest BCUT2D eigenvalue weighted by molar-refractivity contribution is 5.85. The number of amides is 1. The smallest absolute Gasteiger partial charge is 0.223 e. The molecule has 1 aliphatic heterocycles. The van der Waals surface area contributed by atoms with Gasteiger partial charge in [0.05, 0.1) is 0 Å². The molecule has 24 heavy (non-hydrogen) atoms. The molecular weight excluding hydrogens is 331 g/mol. The quantitative estimate of drug-likeness (QED) is 0.916. The van der Waals surface area contributed by atoms with E-state index in [-0.39, 0.29) is 30.2 Å². The van der Waals surface area contributed by atoms with Crippen molar-refractivity contribution in [1.82, 2.24) is 19.8 Å². The Morgan fingerprint density at radius 1 is 1.38 bits per heavy atom. The van der Waals surface area contributed by atoms with Gasteiger partial charge >= 0.3 is 0 Å². The first kappa shape index (κ1) is 18.4. The molecule has 0 radical (unpaired) electrons. The third-order valence-corrected chi connectivity index (χ3v) is 4.26. The lowest BCUT2D eigenvalue weighted by Crippen LogP contribution is -2.49. The highest BCUT2D eigenvalue weighted by Crippen LogP contribution is 2.21. The molecule has 1 saturated heterocycles. The number of piperazine rings is 1. The van der Waals surface area contributed by atoms with Crippen LogP contribution in [0.1, 0.15) is 23.9 Å². The van der Waals surface area contributed by atoms with E-state index in [9.17, 15) is 9.18 Å². The average molecular weight is 353 g/mol. The minimum atomic E-state index is -0.253. The zero-order valence-electron chi connectivity index (χ0n) is 13.6. The van der Waals surface area contributed by atoms with Crippen LogP contribution in [-0.2, 0) is 18.3 Å². The van der Waals surface area contributed by atoms with E-state index in [0.29, 0.717) is 25.9 Å². The molecule has 1 atom stereocenters. The summed E-state index contributed by atoms with van der Waals surface area (Å²) in [6.07, 6.45) is 4.69. The maximum Gasteiger partial charge on any atom is 0.223 e. The van der Waals surface area contributed by atoms with Gasteiger partial charge in [0.2, 0.25) is 5.91 Å². The molecule has 0 bridgehead atoms. The van der Waals surface area contributed by atoms with Crippen molar-refractivity contribution in [1.29, 1.82) is 0 Å². The number of rotatable bonds is 4. The SMILES string of the molecule is Cl.Cn1ccnc1C1CNCCN1C(=O)CCc1ccc(F)cc1. The molecule has 1 aromatic heterocycles. The van der Waals surface area contributed by atoms with Crippen molar-refractivity contribution >= 4 is 18.3 Å². The monoisotopic (exact) mass is 352 g/mol. The van der Waals surface area contributed by atoms with E-state index in [1.54, 1.807) is 18.3 Å². The fourth-order valence-corrected chi connectivity index (χ4v) is 2.98. The fraction of sp³-hybridized carbons (Fsp3) is 0.412. The van der Waals surface area contributed by atoms with Crippen LogP contribution in [0.25, 0.3) is 0 Å². The highest BCUT2D eigenvalue weighted by atomic mass is 35.5. The van der Waals surface area contributed by atoms with Crippen molar-refractivity contribution in [2.24, 2.45) is 7.05 Å². The zero-order chi connectivity index (χ0) is 16.2. The lowest BCUT2D eigenvalue weighted by atomic mass is 10.1. The first-order valence-corrected chi connectivity index (χ1v) is 7.87. The number of carbonyl (C=O) groups is 1. The van der Waals surface area contributed by atoms with E-state index in [1.807, 2.05) is 22.7 Å². The Morgan fingerprint density at radius 2 is 2.12 bits per heavy atom. The minimum Gasteiger partial charge on any atom is -0.336 e. The molecular formula is C17H22ClFN4O. The normalized spacial score (nSPS) is 17.4. The summed E-state index contributed by atoms with van der Waals surface area (Å²) >= 11 is 0. The Kier molecular flexibility index (Phi) is 6.34. The predicted octanol–water partition coefficient (Wildman–Crippen LogP) is 2.09. The molecule has 3 rings (SSSR count). The summed E-state index contributed by atoms with van der Waals surface area (Å²) in [7, 11) is 1.94. The van der Waals surface area contributed by atoms with Crippen molar-refractivity contribution < 1.29 is 9.18 Å². The van der Waals surface area contributed by atoms with Crippen molar-refractivity contribution in [3.05, 3.63) is 53.9 Å². The molecule has 1 fully saturated rings. The van der Waals surface area contributed by atoms with Gasteiger partial charge in [-0.1, -0.05) is 12.1 Å². The topological polar surface area (TPSA) is 50.2 Å². The molecule has 1 aromatic carbocycles. The Balaban J connectivity index is 0.00000208. The van der Waals surface area contributed by atoms with E-state index in [1.165, 1.54) is 12.1 Å². The van der Waals surface area contributed by atoms with Crippen LogP contribution in [0.2, 0.25) is 0 Å². The van der Waals surface area contributed by atoms with Crippen molar-refractivity contribution in [2.45, 2.75) is 18.9 Å². The lowest BCUT2D eigenvalue weighted by Gasteiger charge is -2.35. The van der Waals surface area contributed by atoms with Gasteiger partial charge in [0.25, 0.3) is 0 Å². The summed E-state index contributed by atoms with van der Waals surface area (Å²) in [5.41, 5.74) is 0.975. The summed E-state index contributed by atoms with van der Waals surface area (Å²) in [6.45, 7) is 2.19. The summed E-state index contributed by atoms with van der Waals surface area (Å²) in [5.74, 6) is 0.758. The van der Waals surface area contributed by atoms with Gasteiger partial charge in [-0.25, -0.2) is 9.37 Å². The second kappa shape index (κ2) is 8.26. The predicted molar refractivity (Wildman–Crippen MR) is 92.5 cm³/mol. The van der Waals surface area contributed by atoms with Gasteiger partial charge < -0.3 is 14.8 Å². The third-order valence-electron chi connectivity index (χ3n) is 4.26. The summed E-state index contributed by atoms with van der Waals surface area (Å²) < 4.78 is 14.9. The van der Waals surface area contributed by atoms with Crippen LogP contribution in [0.3, 0.4) is 0 Å². The maximum atomic E-state index is 12.9.